The Hall–Kier alpha value is -1.96. The smallest absolute Gasteiger partial charge is 0.257 e. The molecular weight excluding hydrogens is 372 g/mol. The van der Waals surface area contributed by atoms with Gasteiger partial charge in [0.2, 0.25) is 0 Å². The Labute approximate surface area is 169 Å². The molecule has 3 aliphatic heterocycles. The molecule has 1 amide bonds. The zero-order valence-corrected chi connectivity index (χ0v) is 16.8. The van der Waals surface area contributed by atoms with Crippen molar-refractivity contribution in [2.45, 2.75) is 37.8 Å². The molecule has 6 nitrogen and oxygen atoms in total. The molecule has 0 N–H and O–H groups in total. The fourth-order valence-corrected chi connectivity index (χ4v) is 5.38. The number of rotatable bonds is 5. The highest BCUT2D eigenvalue weighted by molar-refractivity contribution is 7.12. The van der Waals surface area contributed by atoms with E-state index < -0.39 is 0 Å². The van der Waals surface area contributed by atoms with Gasteiger partial charge < -0.3 is 4.42 Å². The van der Waals surface area contributed by atoms with Crippen molar-refractivity contribution in [2.24, 2.45) is 5.10 Å². The van der Waals surface area contributed by atoms with Crippen LogP contribution in [0.25, 0.3) is 0 Å². The van der Waals surface area contributed by atoms with Crippen LogP contribution in [-0.4, -0.2) is 65.2 Å². The van der Waals surface area contributed by atoms with E-state index >= 15 is 0 Å². The van der Waals surface area contributed by atoms with Crippen LogP contribution >= 0.6 is 11.3 Å². The van der Waals surface area contributed by atoms with Crippen LogP contribution in [-0.2, 0) is 4.79 Å². The normalized spacial score (nSPS) is 26.3. The zero-order valence-electron chi connectivity index (χ0n) is 16.0. The van der Waals surface area contributed by atoms with Gasteiger partial charge in [-0.1, -0.05) is 6.07 Å². The van der Waals surface area contributed by atoms with Crippen LogP contribution in [0.5, 0.6) is 0 Å². The average molecular weight is 399 g/mol. The Morgan fingerprint density at radius 3 is 2.86 bits per heavy atom. The molecular formula is C21H26N4O2S. The molecule has 0 radical (unpaired) electrons. The first-order valence-electron chi connectivity index (χ1n) is 10.2. The lowest BCUT2D eigenvalue weighted by Gasteiger charge is -2.25. The maximum atomic E-state index is 13.2. The van der Waals surface area contributed by atoms with Gasteiger partial charge in [-0.25, -0.2) is 5.01 Å². The van der Waals surface area contributed by atoms with Gasteiger partial charge in [0.25, 0.3) is 5.91 Å². The van der Waals surface area contributed by atoms with Crippen molar-refractivity contribution < 1.29 is 9.21 Å². The van der Waals surface area contributed by atoms with Crippen LogP contribution in [0.4, 0.5) is 0 Å². The first-order chi connectivity index (χ1) is 13.8. The van der Waals surface area contributed by atoms with Crippen molar-refractivity contribution >= 4 is 23.0 Å². The summed E-state index contributed by atoms with van der Waals surface area (Å²) in [5.41, 5.74) is 0.973. The number of nitrogens with zero attached hydrogens (tertiary/aromatic N) is 4. The van der Waals surface area contributed by atoms with E-state index in [4.69, 9.17) is 9.52 Å². The molecule has 0 spiro atoms. The Bertz CT molecular complexity index is 827. The predicted molar refractivity (Wildman–Crippen MR) is 109 cm³/mol. The summed E-state index contributed by atoms with van der Waals surface area (Å²) in [5.74, 6) is 0.870. The van der Waals surface area contributed by atoms with Crippen LogP contribution in [0.1, 0.15) is 42.4 Å². The predicted octanol–water partition coefficient (Wildman–Crippen LogP) is 3.19. The molecule has 0 saturated carbocycles. The second-order valence-corrected chi connectivity index (χ2v) is 8.87. The summed E-state index contributed by atoms with van der Waals surface area (Å²) in [6.07, 6.45) is 6.17. The zero-order chi connectivity index (χ0) is 18.9. The highest BCUT2D eigenvalue weighted by Crippen LogP contribution is 2.34. The third-order valence-electron chi connectivity index (χ3n) is 6.11. The molecule has 2 fully saturated rings. The topological polar surface area (TPSA) is 52.3 Å². The molecule has 0 aliphatic carbocycles. The van der Waals surface area contributed by atoms with Crippen molar-refractivity contribution in [3.8, 4) is 0 Å². The van der Waals surface area contributed by atoms with Gasteiger partial charge in [0.15, 0.2) is 0 Å². The fraction of sp³-hybridized carbons (Fsp3) is 0.524. The van der Waals surface area contributed by atoms with Crippen molar-refractivity contribution in [2.75, 3.05) is 32.7 Å². The standard InChI is InChI=1S/C21H26N4O2S/c26-21(15-23-10-7-16(14-23)24-8-1-2-9-24)25-18(19-5-3-11-27-19)13-17(22-25)20-6-4-12-28-20/h3-6,11-12,16,18H,1-2,7-10,13-15H2/t16-,18+/m1/s1. The number of likely N-dealkylation sites (tertiary alicyclic amines) is 2. The number of hydrazone groups is 1. The molecule has 148 valence electrons. The van der Waals surface area contributed by atoms with Gasteiger partial charge in [0, 0.05) is 25.6 Å². The molecule has 2 aromatic heterocycles. The summed E-state index contributed by atoms with van der Waals surface area (Å²) >= 11 is 1.67. The van der Waals surface area contributed by atoms with Crippen molar-refractivity contribution in [1.82, 2.24) is 14.8 Å². The molecule has 2 atom stereocenters. The molecule has 3 aliphatic rings. The second-order valence-electron chi connectivity index (χ2n) is 7.92. The first kappa shape index (κ1) is 18.1. The molecule has 0 aromatic carbocycles. The first-order valence-corrected chi connectivity index (χ1v) is 11.1. The molecule has 5 heterocycles. The molecule has 7 heteroatoms. The lowest BCUT2D eigenvalue weighted by atomic mass is 10.1. The summed E-state index contributed by atoms with van der Waals surface area (Å²) in [5, 5.41) is 8.43. The number of carbonyl (C=O) groups is 1. The summed E-state index contributed by atoms with van der Waals surface area (Å²) in [4.78, 5) is 19.2. The highest BCUT2D eigenvalue weighted by atomic mass is 32.1. The molecule has 0 bridgehead atoms. The third kappa shape index (κ3) is 3.54. The number of amides is 1. The highest BCUT2D eigenvalue weighted by Gasteiger charge is 2.37. The summed E-state index contributed by atoms with van der Waals surface area (Å²) in [7, 11) is 0. The summed E-state index contributed by atoms with van der Waals surface area (Å²) < 4.78 is 5.63. The van der Waals surface area contributed by atoms with Crippen LogP contribution in [0.3, 0.4) is 0 Å². The second kappa shape index (κ2) is 7.81. The monoisotopic (exact) mass is 398 g/mol. The van der Waals surface area contributed by atoms with Gasteiger partial charge >= 0.3 is 0 Å². The maximum Gasteiger partial charge on any atom is 0.257 e. The van der Waals surface area contributed by atoms with Crippen molar-refractivity contribution in [3.63, 3.8) is 0 Å². The summed E-state index contributed by atoms with van der Waals surface area (Å²) in [6, 6.07) is 8.38. The SMILES string of the molecule is O=C(CN1CC[C@@H](N2CCCC2)C1)N1N=C(c2cccs2)C[C@H]1c1ccco1. The molecule has 0 unspecified atom stereocenters. The number of carbonyl (C=O) groups excluding carboxylic acids is 1. The number of thiophene rings is 1. The van der Waals surface area contributed by atoms with E-state index in [2.05, 4.69) is 15.9 Å². The lowest BCUT2D eigenvalue weighted by molar-refractivity contribution is -0.134. The van der Waals surface area contributed by atoms with Crippen LogP contribution in [0.15, 0.2) is 45.4 Å². The van der Waals surface area contributed by atoms with Gasteiger partial charge in [0.05, 0.1) is 23.4 Å². The lowest BCUT2D eigenvalue weighted by Crippen LogP contribution is -2.40. The van der Waals surface area contributed by atoms with E-state index in [-0.39, 0.29) is 11.9 Å². The average Bonchev–Trinajstić information content (AvgIpc) is 3.53. The minimum absolute atomic E-state index is 0.0648. The van der Waals surface area contributed by atoms with Gasteiger partial charge in [-0.2, -0.15) is 5.10 Å². The fourth-order valence-electron chi connectivity index (χ4n) is 4.66. The molecule has 5 rings (SSSR count). The Morgan fingerprint density at radius 2 is 2.11 bits per heavy atom. The van der Waals surface area contributed by atoms with E-state index in [0.717, 1.165) is 29.4 Å². The van der Waals surface area contributed by atoms with E-state index in [1.165, 1.54) is 32.4 Å². The minimum atomic E-state index is -0.142. The third-order valence-corrected chi connectivity index (χ3v) is 7.03. The summed E-state index contributed by atoms with van der Waals surface area (Å²) in [6.45, 7) is 4.85. The largest absolute Gasteiger partial charge is 0.467 e. The number of hydrogen-bond acceptors (Lipinski definition) is 6. The van der Waals surface area contributed by atoms with Crippen LogP contribution in [0, 0.1) is 0 Å². The number of hydrogen-bond donors (Lipinski definition) is 0. The van der Waals surface area contributed by atoms with E-state index in [0.29, 0.717) is 19.0 Å². The molecule has 2 aromatic rings. The van der Waals surface area contributed by atoms with Crippen LogP contribution in [0.2, 0.25) is 0 Å². The van der Waals surface area contributed by atoms with E-state index in [1.54, 1.807) is 22.6 Å². The van der Waals surface area contributed by atoms with E-state index in [1.807, 2.05) is 23.6 Å². The van der Waals surface area contributed by atoms with Crippen molar-refractivity contribution in [3.05, 3.63) is 46.5 Å². The van der Waals surface area contributed by atoms with Gasteiger partial charge in [0.1, 0.15) is 11.8 Å². The minimum Gasteiger partial charge on any atom is -0.467 e. The quantitative estimate of drug-likeness (QED) is 0.776. The molecule has 28 heavy (non-hydrogen) atoms. The van der Waals surface area contributed by atoms with Crippen LogP contribution < -0.4 is 0 Å². The van der Waals surface area contributed by atoms with Crippen molar-refractivity contribution in [1.29, 1.82) is 0 Å². The number of furan rings is 1. The Balaban J connectivity index is 1.29. The van der Waals surface area contributed by atoms with Gasteiger partial charge in [-0.15, -0.1) is 11.3 Å². The van der Waals surface area contributed by atoms with Gasteiger partial charge in [-0.3, -0.25) is 14.6 Å². The Morgan fingerprint density at radius 1 is 1.21 bits per heavy atom. The Kier molecular flexibility index (Phi) is 5.05. The van der Waals surface area contributed by atoms with E-state index in [9.17, 15) is 4.79 Å². The maximum absolute atomic E-state index is 13.2. The molecule has 2 saturated heterocycles. The van der Waals surface area contributed by atoms with Gasteiger partial charge in [-0.05, 0) is 55.9 Å².